The number of rotatable bonds is 6. The van der Waals surface area contributed by atoms with Crippen LogP contribution in [0.1, 0.15) is 39.5 Å². The van der Waals surface area contributed by atoms with Crippen LogP contribution >= 0.6 is 0 Å². The lowest BCUT2D eigenvalue weighted by Gasteiger charge is -2.13. The maximum Gasteiger partial charge on any atom is 0.0622 e. The highest BCUT2D eigenvalue weighted by Crippen LogP contribution is 1.96. The lowest BCUT2D eigenvalue weighted by atomic mass is 10.1. The van der Waals surface area contributed by atoms with E-state index in [2.05, 4.69) is 25.2 Å². The fraction of sp³-hybridized carbons (Fsp3) is 0.889. The highest BCUT2D eigenvalue weighted by molar-refractivity contribution is 4.70. The van der Waals surface area contributed by atoms with Gasteiger partial charge >= 0.3 is 0 Å². The van der Waals surface area contributed by atoms with Gasteiger partial charge in [-0.2, -0.15) is 5.26 Å². The van der Waals surface area contributed by atoms with Crippen LogP contribution in [0.2, 0.25) is 0 Å². The smallest absolute Gasteiger partial charge is 0.0622 e. The van der Waals surface area contributed by atoms with Crippen molar-refractivity contribution in [2.75, 3.05) is 6.54 Å². The molecule has 64 valence electrons. The fourth-order valence-electron chi connectivity index (χ4n) is 1.05. The summed E-state index contributed by atoms with van der Waals surface area (Å²) in [6.07, 6.45) is 4.02. The number of unbranched alkanes of at least 4 members (excludes halogenated alkanes) is 1. The molecule has 0 aromatic rings. The predicted molar refractivity (Wildman–Crippen MR) is 47.2 cm³/mol. The Bertz CT molecular complexity index is 111. The number of nitrogens with zero attached hydrogens (tertiary/aromatic N) is 1. The van der Waals surface area contributed by atoms with Gasteiger partial charge in [0.1, 0.15) is 0 Å². The van der Waals surface area contributed by atoms with E-state index in [1.54, 1.807) is 0 Å². The zero-order chi connectivity index (χ0) is 8.53. The molecule has 0 aliphatic rings. The summed E-state index contributed by atoms with van der Waals surface area (Å²) in [6, 6.07) is 2.78. The van der Waals surface area contributed by atoms with E-state index in [1.165, 1.54) is 12.8 Å². The molecule has 0 bridgehead atoms. The molecule has 0 atom stereocenters. The molecule has 0 rings (SSSR count). The van der Waals surface area contributed by atoms with E-state index in [4.69, 9.17) is 5.26 Å². The van der Waals surface area contributed by atoms with Crippen LogP contribution in [0, 0.1) is 11.3 Å². The van der Waals surface area contributed by atoms with Crippen LogP contribution in [0.3, 0.4) is 0 Å². The Kier molecular flexibility index (Phi) is 7.18. The van der Waals surface area contributed by atoms with Gasteiger partial charge in [0.25, 0.3) is 0 Å². The summed E-state index contributed by atoms with van der Waals surface area (Å²) in [5.41, 5.74) is 0. The van der Waals surface area contributed by atoms with E-state index in [0.29, 0.717) is 12.5 Å². The van der Waals surface area contributed by atoms with Crippen LogP contribution in [-0.2, 0) is 0 Å². The molecule has 0 aromatic heterocycles. The van der Waals surface area contributed by atoms with Crippen molar-refractivity contribution in [3.05, 3.63) is 0 Å². The summed E-state index contributed by atoms with van der Waals surface area (Å²) < 4.78 is 0. The normalized spacial score (nSPS) is 10.0. The zero-order valence-electron chi connectivity index (χ0n) is 7.56. The number of nitriles is 1. The SMILES string of the molecule is CCC(CC)NCCCC#N. The van der Waals surface area contributed by atoms with E-state index >= 15 is 0 Å². The Balaban J connectivity index is 3.16. The summed E-state index contributed by atoms with van der Waals surface area (Å²) in [7, 11) is 0. The minimum absolute atomic E-state index is 0.647. The standard InChI is InChI=1S/C9H18N2/c1-3-9(4-2)11-8-6-5-7-10/h9,11H,3-6,8H2,1-2H3. The van der Waals surface area contributed by atoms with Crippen molar-refractivity contribution in [1.82, 2.24) is 5.32 Å². The van der Waals surface area contributed by atoms with Crippen molar-refractivity contribution < 1.29 is 0 Å². The van der Waals surface area contributed by atoms with Crippen molar-refractivity contribution in [2.24, 2.45) is 0 Å². The van der Waals surface area contributed by atoms with E-state index < -0.39 is 0 Å². The fourth-order valence-corrected chi connectivity index (χ4v) is 1.05. The first-order valence-corrected chi connectivity index (χ1v) is 4.45. The van der Waals surface area contributed by atoms with Gasteiger partial charge < -0.3 is 5.32 Å². The third-order valence-corrected chi connectivity index (χ3v) is 1.88. The van der Waals surface area contributed by atoms with Gasteiger partial charge in [-0.25, -0.2) is 0 Å². The molecule has 0 saturated heterocycles. The van der Waals surface area contributed by atoms with Crippen molar-refractivity contribution in [2.45, 2.75) is 45.6 Å². The average Bonchev–Trinajstić information content (AvgIpc) is 2.05. The Morgan fingerprint density at radius 3 is 2.45 bits per heavy atom. The van der Waals surface area contributed by atoms with Crippen LogP contribution < -0.4 is 5.32 Å². The van der Waals surface area contributed by atoms with Crippen LogP contribution in [0.15, 0.2) is 0 Å². The summed E-state index contributed by atoms with van der Waals surface area (Å²) >= 11 is 0. The summed E-state index contributed by atoms with van der Waals surface area (Å²) in [6.45, 7) is 5.36. The van der Waals surface area contributed by atoms with Crippen molar-refractivity contribution >= 4 is 0 Å². The molecule has 2 heteroatoms. The second kappa shape index (κ2) is 7.56. The van der Waals surface area contributed by atoms with Gasteiger partial charge in [0, 0.05) is 12.5 Å². The van der Waals surface area contributed by atoms with Gasteiger partial charge in [-0.15, -0.1) is 0 Å². The Hall–Kier alpha value is -0.550. The molecule has 0 aliphatic heterocycles. The Morgan fingerprint density at radius 2 is 2.00 bits per heavy atom. The van der Waals surface area contributed by atoms with Crippen LogP contribution in [0.5, 0.6) is 0 Å². The average molecular weight is 154 g/mol. The lowest BCUT2D eigenvalue weighted by Crippen LogP contribution is -2.28. The predicted octanol–water partition coefficient (Wildman–Crippen LogP) is 2.07. The highest BCUT2D eigenvalue weighted by atomic mass is 14.9. The third-order valence-electron chi connectivity index (χ3n) is 1.88. The van der Waals surface area contributed by atoms with Crippen LogP contribution in [-0.4, -0.2) is 12.6 Å². The quantitative estimate of drug-likeness (QED) is 0.594. The van der Waals surface area contributed by atoms with E-state index in [1.807, 2.05) is 0 Å². The summed E-state index contributed by atoms with van der Waals surface area (Å²) in [5.74, 6) is 0. The molecule has 0 unspecified atom stereocenters. The van der Waals surface area contributed by atoms with Crippen molar-refractivity contribution in [3.63, 3.8) is 0 Å². The molecule has 0 fully saturated rings. The molecule has 0 spiro atoms. The molecular weight excluding hydrogens is 136 g/mol. The van der Waals surface area contributed by atoms with Crippen LogP contribution in [0.4, 0.5) is 0 Å². The molecule has 0 aliphatic carbocycles. The molecule has 0 amide bonds. The van der Waals surface area contributed by atoms with E-state index in [-0.39, 0.29) is 0 Å². The first-order valence-electron chi connectivity index (χ1n) is 4.45. The highest BCUT2D eigenvalue weighted by Gasteiger charge is 1.99. The minimum Gasteiger partial charge on any atom is -0.314 e. The van der Waals surface area contributed by atoms with E-state index in [9.17, 15) is 0 Å². The van der Waals surface area contributed by atoms with Crippen molar-refractivity contribution in [3.8, 4) is 6.07 Å². The van der Waals surface area contributed by atoms with Gasteiger partial charge in [0.2, 0.25) is 0 Å². The largest absolute Gasteiger partial charge is 0.314 e. The molecule has 0 saturated carbocycles. The minimum atomic E-state index is 0.647. The third kappa shape index (κ3) is 5.87. The molecule has 0 radical (unpaired) electrons. The molecule has 0 aromatic carbocycles. The van der Waals surface area contributed by atoms with Gasteiger partial charge in [-0.1, -0.05) is 13.8 Å². The van der Waals surface area contributed by atoms with Crippen molar-refractivity contribution in [1.29, 1.82) is 5.26 Å². The molecule has 2 nitrogen and oxygen atoms in total. The Morgan fingerprint density at radius 1 is 1.36 bits per heavy atom. The number of hydrogen-bond donors (Lipinski definition) is 1. The maximum atomic E-state index is 8.27. The van der Waals surface area contributed by atoms with Gasteiger partial charge in [-0.05, 0) is 25.8 Å². The monoisotopic (exact) mass is 154 g/mol. The molecule has 11 heavy (non-hydrogen) atoms. The van der Waals surface area contributed by atoms with Gasteiger partial charge in [0.15, 0.2) is 0 Å². The molecular formula is C9H18N2. The molecule has 0 heterocycles. The second-order valence-corrected chi connectivity index (χ2v) is 2.73. The lowest BCUT2D eigenvalue weighted by molar-refractivity contribution is 0.481. The molecule has 1 N–H and O–H groups in total. The maximum absolute atomic E-state index is 8.27. The first kappa shape index (κ1) is 10.4. The first-order chi connectivity index (χ1) is 5.35. The zero-order valence-corrected chi connectivity index (χ0v) is 7.56. The van der Waals surface area contributed by atoms with Gasteiger partial charge in [-0.3, -0.25) is 0 Å². The summed E-state index contributed by atoms with van der Waals surface area (Å²) in [4.78, 5) is 0. The van der Waals surface area contributed by atoms with Crippen LogP contribution in [0.25, 0.3) is 0 Å². The number of hydrogen-bond acceptors (Lipinski definition) is 2. The van der Waals surface area contributed by atoms with E-state index in [0.717, 1.165) is 13.0 Å². The topological polar surface area (TPSA) is 35.8 Å². The van der Waals surface area contributed by atoms with Gasteiger partial charge in [0.05, 0.1) is 6.07 Å². The Labute approximate surface area is 69.6 Å². The second-order valence-electron chi connectivity index (χ2n) is 2.73. The summed E-state index contributed by atoms with van der Waals surface area (Å²) in [5, 5.41) is 11.7. The number of nitrogens with one attached hydrogen (secondary N) is 1.